The van der Waals surface area contributed by atoms with E-state index < -0.39 is 10.0 Å². The maximum absolute atomic E-state index is 13.2. The third-order valence-electron chi connectivity index (χ3n) is 6.69. The van der Waals surface area contributed by atoms with Crippen LogP contribution in [0.5, 0.6) is 0 Å². The average Bonchev–Trinajstić information content (AvgIpc) is 3.30. The quantitative estimate of drug-likeness (QED) is 0.622. The van der Waals surface area contributed by atoms with Crippen molar-refractivity contribution in [2.75, 3.05) is 39.3 Å². The van der Waals surface area contributed by atoms with Crippen molar-refractivity contribution < 1.29 is 13.2 Å². The van der Waals surface area contributed by atoms with Crippen molar-refractivity contribution in [2.24, 2.45) is 5.92 Å². The van der Waals surface area contributed by atoms with Crippen LogP contribution in [0.2, 0.25) is 0 Å². The Morgan fingerprint density at radius 1 is 1.03 bits per heavy atom. The van der Waals surface area contributed by atoms with Gasteiger partial charge in [-0.25, -0.2) is 13.4 Å². The number of fused-ring (bicyclic) bond motifs is 1. The highest BCUT2D eigenvalue weighted by Crippen LogP contribution is 2.26. The second-order valence-corrected chi connectivity index (χ2v) is 10.7. The van der Waals surface area contributed by atoms with Crippen molar-refractivity contribution in [1.29, 1.82) is 0 Å². The fourth-order valence-electron chi connectivity index (χ4n) is 4.93. The minimum Gasteiger partial charge on any atom is -0.345 e. The van der Waals surface area contributed by atoms with Crippen LogP contribution in [0.1, 0.15) is 18.4 Å². The lowest BCUT2D eigenvalue weighted by Gasteiger charge is -2.38. The lowest BCUT2D eigenvalue weighted by atomic mass is 9.95. The van der Waals surface area contributed by atoms with E-state index in [-0.39, 0.29) is 16.7 Å². The smallest absolute Gasteiger partial charge is 0.245 e. The van der Waals surface area contributed by atoms with Gasteiger partial charge in [-0.15, -0.1) is 0 Å². The van der Waals surface area contributed by atoms with E-state index in [1.807, 2.05) is 23.1 Å². The molecule has 0 spiro atoms. The molecule has 0 aliphatic carbocycles. The molecule has 9 heteroatoms. The van der Waals surface area contributed by atoms with Gasteiger partial charge in [0.2, 0.25) is 15.9 Å². The van der Waals surface area contributed by atoms with Crippen LogP contribution in [0.15, 0.2) is 59.8 Å². The first-order valence-corrected chi connectivity index (χ1v) is 12.9. The van der Waals surface area contributed by atoms with Gasteiger partial charge in [0.25, 0.3) is 0 Å². The summed E-state index contributed by atoms with van der Waals surface area (Å²) in [6.45, 7) is 4.08. The van der Waals surface area contributed by atoms with Crippen molar-refractivity contribution in [2.45, 2.75) is 24.3 Å². The predicted molar refractivity (Wildman–Crippen MR) is 126 cm³/mol. The normalized spacial score (nSPS) is 20.8. The molecule has 2 aliphatic heterocycles. The number of aromatic nitrogens is 2. The molecule has 0 radical (unpaired) electrons. The van der Waals surface area contributed by atoms with Gasteiger partial charge in [-0.3, -0.25) is 9.69 Å². The van der Waals surface area contributed by atoms with Gasteiger partial charge in [-0.05, 0) is 37.1 Å². The van der Waals surface area contributed by atoms with E-state index in [0.717, 1.165) is 32.5 Å². The molecule has 3 aromatic rings. The maximum Gasteiger partial charge on any atom is 0.245 e. The van der Waals surface area contributed by atoms with Crippen LogP contribution in [0.25, 0.3) is 11.0 Å². The topological polar surface area (TPSA) is 89.6 Å². The molecule has 5 rings (SSSR count). The van der Waals surface area contributed by atoms with E-state index in [1.165, 1.54) is 16.1 Å². The number of pyridine rings is 1. The number of hydrogen-bond acceptors (Lipinski definition) is 5. The van der Waals surface area contributed by atoms with Crippen LogP contribution in [0.4, 0.5) is 0 Å². The van der Waals surface area contributed by atoms with Crippen molar-refractivity contribution in [1.82, 2.24) is 24.1 Å². The third kappa shape index (κ3) is 4.53. The number of piperidine rings is 1. The minimum atomic E-state index is -3.65. The van der Waals surface area contributed by atoms with Gasteiger partial charge in [0.1, 0.15) is 10.5 Å². The molecule has 1 amide bonds. The largest absolute Gasteiger partial charge is 0.345 e. The molecule has 2 aromatic heterocycles. The fourth-order valence-corrected chi connectivity index (χ4v) is 6.51. The lowest BCUT2D eigenvalue weighted by Crippen LogP contribution is -2.53. The number of carbonyl (C=O) groups is 1. The Hall–Kier alpha value is -2.75. The summed E-state index contributed by atoms with van der Waals surface area (Å²) in [6, 6.07) is 13.8. The highest BCUT2D eigenvalue weighted by atomic mass is 32.2. The summed E-state index contributed by atoms with van der Waals surface area (Å²) in [6.07, 6.45) is 5.04. The Balaban J connectivity index is 1.20. The first-order valence-electron chi connectivity index (χ1n) is 11.5. The Bertz CT molecular complexity index is 1220. The van der Waals surface area contributed by atoms with Crippen molar-refractivity contribution in [3.05, 3.63) is 60.4 Å². The van der Waals surface area contributed by atoms with Gasteiger partial charge in [-0.2, -0.15) is 4.31 Å². The van der Waals surface area contributed by atoms with Gasteiger partial charge >= 0.3 is 0 Å². The van der Waals surface area contributed by atoms with Crippen molar-refractivity contribution in [3.8, 4) is 0 Å². The predicted octanol–water partition coefficient (Wildman–Crippen LogP) is 2.31. The zero-order valence-electron chi connectivity index (χ0n) is 18.6. The number of nitrogens with zero attached hydrogens (tertiary/aromatic N) is 4. The number of nitrogens with one attached hydrogen (secondary N) is 1. The summed E-state index contributed by atoms with van der Waals surface area (Å²) in [5.41, 5.74) is 1.82. The summed E-state index contributed by atoms with van der Waals surface area (Å²) in [7, 11) is -3.65. The number of hydrogen-bond donors (Lipinski definition) is 1. The van der Waals surface area contributed by atoms with Crippen LogP contribution < -0.4 is 0 Å². The molecular formula is C24H29N5O3S. The number of piperazine rings is 1. The molecule has 1 N–H and O–H groups in total. The summed E-state index contributed by atoms with van der Waals surface area (Å²) in [4.78, 5) is 24.8. The summed E-state index contributed by atoms with van der Waals surface area (Å²) in [5.74, 6) is 0.131. The van der Waals surface area contributed by atoms with Gasteiger partial charge in [0.15, 0.2) is 0 Å². The van der Waals surface area contributed by atoms with E-state index in [2.05, 4.69) is 27.0 Å². The standard InChI is InChI=1S/C24H29N5O3S/c30-24(20-8-5-11-27(18-20)17-19-6-2-1-3-7-19)28-12-14-29(15-13-28)33(31,32)22-16-26-23-21(22)9-4-10-25-23/h1-4,6-7,9-10,16,20H,5,8,11-15,17-18H2,(H,25,26). The van der Waals surface area contributed by atoms with Crippen LogP contribution in [-0.2, 0) is 21.4 Å². The molecule has 0 bridgehead atoms. The first-order chi connectivity index (χ1) is 16.0. The first kappa shape index (κ1) is 22.1. The Morgan fingerprint density at radius 2 is 1.82 bits per heavy atom. The van der Waals surface area contributed by atoms with E-state index in [1.54, 1.807) is 18.3 Å². The molecule has 2 fully saturated rings. The second kappa shape index (κ2) is 9.24. The number of H-pyrrole nitrogens is 1. The van der Waals surface area contributed by atoms with E-state index >= 15 is 0 Å². The van der Waals surface area contributed by atoms with Gasteiger partial charge in [0.05, 0.1) is 5.92 Å². The average molecular weight is 468 g/mol. The van der Waals surface area contributed by atoms with E-state index in [9.17, 15) is 13.2 Å². The molecule has 4 heterocycles. The van der Waals surface area contributed by atoms with Crippen LogP contribution in [0.3, 0.4) is 0 Å². The highest BCUT2D eigenvalue weighted by Gasteiger charge is 2.35. The number of amides is 1. The monoisotopic (exact) mass is 467 g/mol. The zero-order chi connectivity index (χ0) is 22.8. The van der Waals surface area contributed by atoms with Crippen molar-refractivity contribution >= 4 is 27.0 Å². The molecule has 0 saturated carbocycles. The fraction of sp³-hybridized carbons (Fsp3) is 0.417. The molecule has 1 atom stereocenters. The molecule has 1 unspecified atom stereocenters. The highest BCUT2D eigenvalue weighted by molar-refractivity contribution is 7.89. The number of benzene rings is 1. The van der Waals surface area contributed by atoms with Crippen LogP contribution >= 0.6 is 0 Å². The number of sulfonamides is 1. The number of aromatic amines is 1. The SMILES string of the molecule is O=C(C1CCCN(Cc2ccccc2)C1)N1CCN(S(=O)(=O)c2c[nH]c3ncccc23)CC1. The summed E-state index contributed by atoms with van der Waals surface area (Å²) in [5, 5.41) is 0.594. The van der Waals surface area contributed by atoms with Gasteiger partial charge in [0, 0.05) is 57.0 Å². The molecule has 1 aromatic carbocycles. The Labute approximate surface area is 194 Å². The molecular weight excluding hydrogens is 438 g/mol. The van der Waals surface area contributed by atoms with Crippen LogP contribution in [0, 0.1) is 5.92 Å². The molecule has 2 saturated heterocycles. The number of carbonyl (C=O) groups excluding carboxylic acids is 1. The Kier molecular flexibility index (Phi) is 6.18. The van der Waals surface area contributed by atoms with Gasteiger partial charge < -0.3 is 9.88 Å². The summed E-state index contributed by atoms with van der Waals surface area (Å²) >= 11 is 0. The molecule has 2 aliphatic rings. The Morgan fingerprint density at radius 3 is 2.61 bits per heavy atom. The van der Waals surface area contributed by atoms with Gasteiger partial charge in [-0.1, -0.05) is 30.3 Å². The second-order valence-electron chi connectivity index (χ2n) is 8.84. The van der Waals surface area contributed by atoms with Crippen LogP contribution in [-0.4, -0.2) is 77.7 Å². The molecule has 174 valence electrons. The molecule has 8 nitrogen and oxygen atoms in total. The zero-order valence-corrected chi connectivity index (χ0v) is 19.4. The molecule has 33 heavy (non-hydrogen) atoms. The maximum atomic E-state index is 13.2. The summed E-state index contributed by atoms with van der Waals surface area (Å²) < 4.78 is 27.9. The number of rotatable bonds is 5. The van der Waals surface area contributed by atoms with E-state index in [0.29, 0.717) is 37.2 Å². The minimum absolute atomic E-state index is 0.0229. The number of likely N-dealkylation sites (tertiary alicyclic amines) is 1. The third-order valence-corrected chi connectivity index (χ3v) is 8.62. The lowest BCUT2D eigenvalue weighted by molar-refractivity contribution is -0.138. The van der Waals surface area contributed by atoms with E-state index in [4.69, 9.17) is 0 Å². The van der Waals surface area contributed by atoms with Crippen molar-refractivity contribution in [3.63, 3.8) is 0 Å².